The number of methoxy groups -OCH3 is 1. The number of nitrogens with one attached hydrogen (secondary N) is 1. The van der Waals surface area contributed by atoms with E-state index in [0.717, 1.165) is 16.4 Å². The number of pyridine rings is 1. The summed E-state index contributed by atoms with van der Waals surface area (Å²) in [6.07, 6.45) is 2.45. The van der Waals surface area contributed by atoms with Gasteiger partial charge in [0.2, 0.25) is 0 Å². The highest BCUT2D eigenvalue weighted by molar-refractivity contribution is 7.89. The van der Waals surface area contributed by atoms with Crippen LogP contribution in [0.25, 0.3) is 22.0 Å². The number of anilines is 1. The van der Waals surface area contributed by atoms with Gasteiger partial charge in [-0.15, -0.1) is 0 Å². The second kappa shape index (κ2) is 8.98. The molecule has 4 rings (SSSR count). The van der Waals surface area contributed by atoms with Crippen molar-refractivity contribution in [2.45, 2.75) is 19.4 Å². The summed E-state index contributed by atoms with van der Waals surface area (Å²) in [4.78, 5) is 4.35. The average molecular weight is 491 g/mol. The van der Waals surface area contributed by atoms with E-state index in [2.05, 4.69) is 15.4 Å². The molecular weight excluding hydrogens is 469 g/mol. The summed E-state index contributed by atoms with van der Waals surface area (Å²) in [5.41, 5.74) is 1.67. The molecule has 34 heavy (non-hydrogen) atoms. The summed E-state index contributed by atoms with van der Waals surface area (Å²) in [6, 6.07) is 8.41. The maximum Gasteiger partial charge on any atom is 0.266 e. The lowest BCUT2D eigenvalue weighted by Crippen LogP contribution is -2.10. The van der Waals surface area contributed by atoms with Crippen LogP contribution in [-0.2, 0) is 10.0 Å². The Balaban J connectivity index is 1.78. The molecule has 0 saturated heterocycles. The molecular formula is C23H21F3N4O3S. The van der Waals surface area contributed by atoms with Crippen LogP contribution in [0.1, 0.15) is 30.5 Å². The summed E-state index contributed by atoms with van der Waals surface area (Å²) >= 11 is 0. The van der Waals surface area contributed by atoms with Crippen molar-refractivity contribution in [3.05, 3.63) is 71.9 Å². The molecule has 0 spiro atoms. The number of nitrogens with zero attached hydrogens (tertiary/aromatic N) is 3. The third-order valence-corrected chi connectivity index (χ3v) is 6.29. The zero-order chi connectivity index (χ0) is 24.6. The predicted molar refractivity (Wildman–Crippen MR) is 123 cm³/mol. The zero-order valence-electron chi connectivity index (χ0n) is 18.5. The average Bonchev–Trinajstić information content (AvgIpc) is 3.29. The van der Waals surface area contributed by atoms with E-state index in [4.69, 9.17) is 4.74 Å². The molecule has 0 aliphatic heterocycles. The largest absolute Gasteiger partial charge is 0.496 e. The van der Waals surface area contributed by atoms with E-state index in [9.17, 15) is 21.6 Å². The summed E-state index contributed by atoms with van der Waals surface area (Å²) in [7, 11) is -2.09. The number of aromatic nitrogens is 3. The first-order chi connectivity index (χ1) is 16.1. The fourth-order valence-corrected chi connectivity index (χ4v) is 4.22. The minimum atomic E-state index is -3.57. The van der Waals surface area contributed by atoms with Crippen molar-refractivity contribution < 1.29 is 26.3 Å². The van der Waals surface area contributed by atoms with Crippen LogP contribution in [0.2, 0.25) is 0 Å². The first-order valence-corrected chi connectivity index (χ1v) is 12.0. The molecule has 2 aromatic heterocycles. The smallest absolute Gasteiger partial charge is 0.266 e. The Bertz CT molecular complexity index is 1470. The molecule has 0 radical (unpaired) electrons. The third kappa shape index (κ3) is 4.43. The minimum Gasteiger partial charge on any atom is -0.496 e. The quantitative estimate of drug-likeness (QED) is 0.385. The van der Waals surface area contributed by atoms with Crippen molar-refractivity contribution in [1.29, 1.82) is 0 Å². The van der Waals surface area contributed by atoms with Crippen LogP contribution in [0.3, 0.4) is 0 Å². The summed E-state index contributed by atoms with van der Waals surface area (Å²) < 4.78 is 70.9. The van der Waals surface area contributed by atoms with E-state index < -0.39 is 33.9 Å². The second-order valence-corrected chi connectivity index (χ2v) is 9.55. The molecule has 11 heteroatoms. The predicted octanol–water partition coefficient (Wildman–Crippen LogP) is 5.16. The first-order valence-electron chi connectivity index (χ1n) is 10.2. The Labute approximate surface area is 194 Å². The zero-order valence-corrected chi connectivity index (χ0v) is 19.3. The van der Waals surface area contributed by atoms with Gasteiger partial charge in [0.05, 0.1) is 42.9 Å². The van der Waals surface area contributed by atoms with Crippen LogP contribution in [0.4, 0.5) is 18.9 Å². The molecule has 0 unspecified atom stereocenters. The van der Waals surface area contributed by atoms with Gasteiger partial charge in [-0.25, -0.2) is 21.6 Å². The van der Waals surface area contributed by atoms with E-state index in [1.807, 2.05) is 0 Å². The Kier molecular flexibility index (Phi) is 6.22. The highest BCUT2D eigenvalue weighted by Crippen LogP contribution is 2.37. The molecule has 178 valence electrons. The molecule has 0 aliphatic rings. The normalized spacial score (nSPS) is 12.8. The van der Waals surface area contributed by atoms with E-state index >= 15 is 0 Å². The fourth-order valence-electron chi connectivity index (χ4n) is 3.70. The highest BCUT2D eigenvalue weighted by Gasteiger charge is 2.20. The van der Waals surface area contributed by atoms with Gasteiger partial charge in [-0.1, -0.05) is 18.2 Å². The monoisotopic (exact) mass is 490 g/mol. The number of fused-ring (bicyclic) bond motifs is 1. The molecule has 4 aromatic rings. The van der Waals surface area contributed by atoms with Crippen molar-refractivity contribution >= 4 is 26.6 Å². The topological polar surface area (TPSA) is 86.1 Å². The number of hydrogen-bond donors (Lipinski definition) is 1. The van der Waals surface area contributed by atoms with E-state index in [1.54, 1.807) is 31.3 Å². The van der Waals surface area contributed by atoms with Gasteiger partial charge in [-0.05, 0) is 19.1 Å². The molecule has 7 nitrogen and oxygen atoms in total. The van der Waals surface area contributed by atoms with Crippen molar-refractivity contribution in [2.24, 2.45) is 0 Å². The summed E-state index contributed by atoms with van der Waals surface area (Å²) in [5, 5.41) is 7.71. The number of benzene rings is 2. The van der Waals surface area contributed by atoms with E-state index in [1.165, 1.54) is 31.6 Å². The van der Waals surface area contributed by atoms with Crippen LogP contribution in [0.15, 0.2) is 55.0 Å². The molecule has 0 bridgehead atoms. The molecule has 0 aliphatic carbocycles. The van der Waals surface area contributed by atoms with Gasteiger partial charge in [0, 0.05) is 40.0 Å². The van der Waals surface area contributed by atoms with Crippen LogP contribution < -0.4 is 10.1 Å². The fraction of sp³-hybridized carbons (Fsp3) is 0.217. The number of hydrogen-bond acceptors (Lipinski definition) is 6. The molecule has 2 aromatic carbocycles. The first kappa shape index (κ1) is 23.6. The van der Waals surface area contributed by atoms with Crippen molar-refractivity contribution in [3.63, 3.8) is 0 Å². The number of halogens is 3. The Hall–Kier alpha value is -3.60. The molecule has 0 amide bonds. The van der Waals surface area contributed by atoms with Crippen molar-refractivity contribution in [2.75, 3.05) is 18.7 Å². The van der Waals surface area contributed by atoms with Gasteiger partial charge >= 0.3 is 0 Å². The van der Waals surface area contributed by atoms with Gasteiger partial charge in [0.15, 0.2) is 0 Å². The van der Waals surface area contributed by atoms with Crippen LogP contribution in [0, 0.1) is 5.82 Å². The van der Waals surface area contributed by atoms with E-state index in [0.29, 0.717) is 33.5 Å². The molecule has 2 heterocycles. The van der Waals surface area contributed by atoms with Gasteiger partial charge in [0.25, 0.3) is 16.4 Å². The third-order valence-electron chi connectivity index (χ3n) is 5.41. The Morgan fingerprint density at radius 3 is 2.53 bits per heavy atom. The lowest BCUT2D eigenvalue weighted by Gasteiger charge is -2.19. The molecule has 1 atom stereocenters. The lowest BCUT2D eigenvalue weighted by atomic mass is 10.0. The van der Waals surface area contributed by atoms with Crippen LogP contribution >= 0.6 is 0 Å². The summed E-state index contributed by atoms with van der Waals surface area (Å²) in [6.45, 7) is 1.67. The molecule has 0 saturated carbocycles. The van der Waals surface area contributed by atoms with Crippen LogP contribution in [0.5, 0.6) is 5.75 Å². The standard InChI is InChI=1S/C23H21F3N4O3S/c1-13(15-5-4-6-16(22(15)24)23(25)26)29-19-7-8-27-20-10-21(33-2)17(9-18(19)20)14-11-28-30(12-14)34(3,31)32/h4-13,23H,1-3H3,(H,27,29)/t13-/m1/s1. The van der Waals surface area contributed by atoms with Gasteiger partial charge in [-0.3, -0.25) is 4.98 Å². The minimum absolute atomic E-state index is 0.103. The number of alkyl halides is 2. The van der Waals surface area contributed by atoms with Gasteiger partial charge in [-0.2, -0.15) is 9.19 Å². The number of rotatable bonds is 7. The molecule has 0 fully saturated rings. The van der Waals surface area contributed by atoms with Crippen LogP contribution in [-0.4, -0.2) is 36.0 Å². The maximum atomic E-state index is 14.7. The number of ether oxygens (including phenoxy) is 1. The molecule has 1 N–H and O–H groups in total. The highest BCUT2D eigenvalue weighted by atomic mass is 32.2. The lowest BCUT2D eigenvalue weighted by molar-refractivity contribution is 0.146. The Morgan fingerprint density at radius 2 is 1.88 bits per heavy atom. The Morgan fingerprint density at radius 1 is 1.15 bits per heavy atom. The SMILES string of the molecule is COc1cc2nccc(N[C@H](C)c3cccc(C(F)F)c3F)c2cc1-c1cnn(S(C)(=O)=O)c1. The van der Waals surface area contributed by atoms with E-state index in [-0.39, 0.29) is 5.56 Å². The second-order valence-electron chi connectivity index (χ2n) is 7.71. The van der Waals surface area contributed by atoms with Crippen molar-refractivity contribution in [3.8, 4) is 16.9 Å². The summed E-state index contributed by atoms with van der Waals surface area (Å²) in [5.74, 6) is -0.500. The maximum absolute atomic E-state index is 14.7. The van der Waals surface area contributed by atoms with Crippen molar-refractivity contribution in [1.82, 2.24) is 14.2 Å². The van der Waals surface area contributed by atoms with Gasteiger partial charge < -0.3 is 10.1 Å². The van der Waals surface area contributed by atoms with Gasteiger partial charge in [0.1, 0.15) is 11.6 Å².